The van der Waals surface area contributed by atoms with E-state index in [1.807, 2.05) is 85.8 Å². The fourth-order valence-electron chi connectivity index (χ4n) is 2.71. The molecule has 126 valence electrons. The van der Waals surface area contributed by atoms with Crippen molar-refractivity contribution in [2.24, 2.45) is 5.92 Å². The van der Waals surface area contributed by atoms with Crippen molar-refractivity contribution in [1.29, 1.82) is 0 Å². The lowest BCUT2D eigenvalue weighted by Crippen LogP contribution is -2.28. The maximum Gasteiger partial charge on any atom is 0.316 e. The van der Waals surface area contributed by atoms with Crippen LogP contribution in [0.3, 0.4) is 0 Å². The third kappa shape index (κ3) is 4.48. The van der Waals surface area contributed by atoms with Gasteiger partial charge in [-0.3, -0.25) is 4.79 Å². The Bertz CT molecular complexity index is 788. The molecule has 3 nitrogen and oxygen atoms in total. The predicted molar refractivity (Wildman–Crippen MR) is 100 cm³/mol. The number of rotatable bonds is 6. The molecule has 0 aliphatic rings. The van der Waals surface area contributed by atoms with E-state index < -0.39 is 0 Å². The van der Waals surface area contributed by atoms with Crippen LogP contribution in [0.2, 0.25) is 0 Å². The van der Waals surface area contributed by atoms with Crippen LogP contribution in [-0.4, -0.2) is 5.97 Å². The van der Waals surface area contributed by atoms with E-state index >= 15 is 0 Å². The van der Waals surface area contributed by atoms with E-state index in [9.17, 15) is 4.79 Å². The van der Waals surface area contributed by atoms with Crippen molar-refractivity contribution in [3.8, 4) is 5.75 Å². The summed E-state index contributed by atoms with van der Waals surface area (Å²) in [6, 6.07) is 28.8. The van der Waals surface area contributed by atoms with Gasteiger partial charge in [-0.25, -0.2) is 0 Å². The fraction of sp³-hybridized carbons (Fsp3) is 0.136. The number of nitrogens with one attached hydrogen (secondary N) is 1. The van der Waals surface area contributed by atoms with Crippen LogP contribution in [0.1, 0.15) is 18.5 Å². The van der Waals surface area contributed by atoms with E-state index in [2.05, 4.69) is 5.32 Å². The molecule has 0 fully saturated rings. The van der Waals surface area contributed by atoms with Crippen molar-refractivity contribution in [3.05, 3.63) is 96.6 Å². The van der Waals surface area contributed by atoms with Crippen molar-refractivity contribution in [1.82, 2.24) is 0 Å². The quantitative estimate of drug-likeness (QED) is 0.505. The molecule has 0 aliphatic carbocycles. The van der Waals surface area contributed by atoms with E-state index in [-0.39, 0.29) is 17.9 Å². The molecule has 2 atom stereocenters. The molecule has 0 heterocycles. The van der Waals surface area contributed by atoms with Crippen molar-refractivity contribution < 1.29 is 9.53 Å². The molecule has 3 aromatic rings. The highest BCUT2D eigenvalue weighted by molar-refractivity contribution is 5.76. The number of hydrogen-bond donors (Lipinski definition) is 1. The lowest BCUT2D eigenvalue weighted by Gasteiger charge is -2.25. The second-order valence-electron chi connectivity index (χ2n) is 5.92. The smallest absolute Gasteiger partial charge is 0.316 e. The average Bonchev–Trinajstić information content (AvgIpc) is 2.68. The molecule has 3 heteroatoms. The SMILES string of the molecule is C[C@H](C(=O)Oc1ccccc1)[C@@H](Nc1ccccc1)c1ccccc1. The number of para-hydroxylation sites is 2. The highest BCUT2D eigenvalue weighted by atomic mass is 16.5. The lowest BCUT2D eigenvalue weighted by molar-refractivity contribution is -0.138. The zero-order valence-electron chi connectivity index (χ0n) is 14.1. The molecule has 0 radical (unpaired) electrons. The van der Waals surface area contributed by atoms with Crippen LogP contribution in [0.25, 0.3) is 0 Å². The van der Waals surface area contributed by atoms with Gasteiger partial charge < -0.3 is 10.1 Å². The monoisotopic (exact) mass is 331 g/mol. The van der Waals surface area contributed by atoms with Crippen LogP contribution in [0, 0.1) is 5.92 Å². The molecule has 0 saturated heterocycles. The number of anilines is 1. The summed E-state index contributed by atoms with van der Waals surface area (Å²) in [4.78, 5) is 12.7. The summed E-state index contributed by atoms with van der Waals surface area (Å²) in [6.07, 6.45) is 0. The van der Waals surface area contributed by atoms with Gasteiger partial charge in [0.2, 0.25) is 0 Å². The zero-order chi connectivity index (χ0) is 17.5. The summed E-state index contributed by atoms with van der Waals surface area (Å²) in [6.45, 7) is 1.89. The number of benzene rings is 3. The molecule has 0 amide bonds. The lowest BCUT2D eigenvalue weighted by atomic mass is 9.94. The molecule has 25 heavy (non-hydrogen) atoms. The van der Waals surface area contributed by atoms with E-state index in [0.717, 1.165) is 11.3 Å². The summed E-state index contributed by atoms with van der Waals surface area (Å²) in [5.74, 6) is -0.0582. The van der Waals surface area contributed by atoms with Gasteiger partial charge in [0.15, 0.2) is 0 Å². The number of hydrogen-bond acceptors (Lipinski definition) is 3. The van der Waals surface area contributed by atoms with Crippen LogP contribution in [0.15, 0.2) is 91.0 Å². The van der Waals surface area contributed by atoms with Crippen LogP contribution < -0.4 is 10.1 Å². The summed E-state index contributed by atoms with van der Waals surface area (Å²) < 4.78 is 5.54. The van der Waals surface area contributed by atoms with Crippen LogP contribution in [0.4, 0.5) is 5.69 Å². The summed E-state index contributed by atoms with van der Waals surface area (Å²) >= 11 is 0. The average molecular weight is 331 g/mol. The molecular formula is C22H21NO2. The maximum absolute atomic E-state index is 12.7. The molecule has 1 N–H and O–H groups in total. The van der Waals surface area contributed by atoms with Gasteiger partial charge in [-0.1, -0.05) is 66.7 Å². The van der Waals surface area contributed by atoms with Crippen molar-refractivity contribution in [3.63, 3.8) is 0 Å². The van der Waals surface area contributed by atoms with E-state index in [0.29, 0.717) is 5.75 Å². The molecule has 0 aromatic heterocycles. The molecular weight excluding hydrogens is 310 g/mol. The van der Waals surface area contributed by atoms with E-state index in [4.69, 9.17) is 4.74 Å². The number of carbonyl (C=O) groups excluding carboxylic acids is 1. The Labute approximate surface area is 148 Å². The first-order chi connectivity index (χ1) is 12.2. The van der Waals surface area contributed by atoms with Crippen molar-refractivity contribution in [2.75, 3.05) is 5.32 Å². The van der Waals surface area contributed by atoms with Crippen LogP contribution in [-0.2, 0) is 4.79 Å². The Hall–Kier alpha value is -3.07. The highest BCUT2D eigenvalue weighted by Gasteiger charge is 2.27. The first-order valence-corrected chi connectivity index (χ1v) is 8.37. The second kappa shape index (κ2) is 8.15. The van der Waals surface area contributed by atoms with Gasteiger partial charge in [0.25, 0.3) is 0 Å². The molecule has 3 rings (SSSR count). The predicted octanol–water partition coefficient (Wildman–Crippen LogP) is 5.08. The molecule has 0 saturated carbocycles. The van der Waals surface area contributed by atoms with Gasteiger partial charge in [0.05, 0.1) is 12.0 Å². The third-order valence-electron chi connectivity index (χ3n) is 4.09. The van der Waals surface area contributed by atoms with Crippen LogP contribution in [0.5, 0.6) is 5.75 Å². The van der Waals surface area contributed by atoms with Gasteiger partial charge in [0, 0.05) is 5.69 Å². The summed E-state index contributed by atoms with van der Waals surface area (Å²) in [5, 5.41) is 3.46. The minimum atomic E-state index is -0.359. The normalized spacial score (nSPS) is 12.8. The molecule has 0 bridgehead atoms. The summed E-state index contributed by atoms with van der Waals surface area (Å²) in [7, 11) is 0. The Morgan fingerprint density at radius 1 is 0.800 bits per heavy atom. The standard InChI is InChI=1S/C22H21NO2/c1-17(22(24)25-20-15-9-4-10-16-20)21(18-11-5-2-6-12-18)23-19-13-7-3-8-14-19/h2-17,21,23H,1H3/t17-,21+/m0/s1. The molecule has 0 spiro atoms. The first kappa shape index (κ1) is 16.8. The first-order valence-electron chi connectivity index (χ1n) is 8.37. The number of carbonyl (C=O) groups is 1. The number of ether oxygens (including phenoxy) is 1. The highest BCUT2D eigenvalue weighted by Crippen LogP contribution is 2.28. The topological polar surface area (TPSA) is 38.3 Å². The van der Waals surface area contributed by atoms with E-state index in [1.165, 1.54) is 0 Å². The van der Waals surface area contributed by atoms with Gasteiger partial charge in [0.1, 0.15) is 5.75 Å². The Morgan fingerprint density at radius 2 is 1.32 bits per heavy atom. The minimum absolute atomic E-state index is 0.181. The van der Waals surface area contributed by atoms with Crippen molar-refractivity contribution >= 4 is 11.7 Å². The zero-order valence-corrected chi connectivity index (χ0v) is 14.1. The molecule has 0 unspecified atom stereocenters. The molecule has 3 aromatic carbocycles. The fourth-order valence-corrected chi connectivity index (χ4v) is 2.71. The summed E-state index contributed by atoms with van der Waals surface area (Å²) in [5.41, 5.74) is 2.01. The van der Waals surface area contributed by atoms with Gasteiger partial charge in [-0.05, 0) is 36.8 Å². The largest absolute Gasteiger partial charge is 0.426 e. The Kier molecular flexibility index (Phi) is 5.47. The maximum atomic E-state index is 12.7. The van der Waals surface area contributed by atoms with Crippen LogP contribution >= 0.6 is 0 Å². The van der Waals surface area contributed by atoms with Crippen molar-refractivity contribution in [2.45, 2.75) is 13.0 Å². The van der Waals surface area contributed by atoms with Gasteiger partial charge >= 0.3 is 5.97 Å². The molecule has 0 aliphatic heterocycles. The Morgan fingerprint density at radius 3 is 1.92 bits per heavy atom. The van der Waals surface area contributed by atoms with Gasteiger partial charge in [-0.2, -0.15) is 0 Å². The minimum Gasteiger partial charge on any atom is -0.426 e. The Balaban J connectivity index is 1.81. The van der Waals surface area contributed by atoms with Gasteiger partial charge in [-0.15, -0.1) is 0 Å². The second-order valence-corrected chi connectivity index (χ2v) is 5.92. The van der Waals surface area contributed by atoms with E-state index in [1.54, 1.807) is 12.1 Å². The number of esters is 1. The third-order valence-corrected chi connectivity index (χ3v) is 4.09.